The lowest BCUT2D eigenvalue weighted by atomic mass is 10.1. The van der Waals surface area contributed by atoms with Gasteiger partial charge in [0.05, 0.1) is 46.5 Å². The van der Waals surface area contributed by atoms with Crippen LogP contribution in [0.1, 0.15) is 23.1 Å². The molecule has 0 bridgehead atoms. The Hall–Kier alpha value is -5.45. The molecular weight excluding hydrogens is 508 g/mol. The van der Waals surface area contributed by atoms with E-state index in [4.69, 9.17) is 9.47 Å². The highest BCUT2D eigenvalue weighted by Crippen LogP contribution is 2.38. The van der Waals surface area contributed by atoms with Gasteiger partial charge in [0.2, 0.25) is 0 Å². The number of anilines is 2. The number of hydrogen-bond donors (Lipinski definition) is 1. The molecule has 196 valence electrons. The van der Waals surface area contributed by atoms with Crippen molar-refractivity contribution in [3.8, 4) is 17.9 Å². The normalized spacial score (nSPS) is 14.6. The van der Waals surface area contributed by atoms with Crippen molar-refractivity contribution >= 4 is 38.9 Å². The van der Waals surface area contributed by atoms with Gasteiger partial charge in [0, 0.05) is 59.5 Å². The molecule has 0 amide bonds. The zero-order valence-electron chi connectivity index (χ0n) is 21.2. The Kier molecular flexibility index (Phi) is 6.44. The number of pyridine rings is 1. The standard InChI is InChI=1S/C30H22N6O4/c31-14-19-2-1-3-20(10-19)17-35-8-6-21-11-23(4-5-27(21)35)34-30-22(15-32)16-33-26-13-29(40-24-7-9-39-18-24)28(36(37)38)12-25(26)30/h1-6,8,10-13,16,24H,7,9,17-18H2,(H,33,34). The highest BCUT2D eigenvalue weighted by atomic mass is 16.6. The lowest BCUT2D eigenvalue weighted by Gasteiger charge is -2.15. The molecule has 10 nitrogen and oxygen atoms in total. The fourth-order valence-corrected chi connectivity index (χ4v) is 4.95. The number of nitro benzene ring substituents is 1. The van der Waals surface area contributed by atoms with Gasteiger partial charge in [-0.3, -0.25) is 15.1 Å². The van der Waals surface area contributed by atoms with Gasteiger partial charge in [-0.25, -0.2) is 0 Å². The second kappa shape index (κ2) is 10.4. The summed E-state index contributed by atoms with van der Waals surface area (Å²) in [7, 11) is 0. The van der Waals surface area contributed by atoms with Gasteiger partial charge >= 0.3 is 5.69 Å². The Morgan fingerprint density at radius 2 is 2.05 bits per heavy atom. The fourth-order valence-electron chi connectivity index (χ4n) is 4.95. The average molecular weight is 531 g/mol. The molecule has 3 heterocycles. The first-order valence-electron chi connectivity index (χ1n) is 12.6. The molecule has 0 aliphatic carbocycles. The number of hydrogen-bond acceptors (Lipinski definition) is 8. The quantitative estimate of drug-likeness (QED) is 0.206. The van der Waals surface area contributed by atoms with E-state index < -0.39 is 4.92 Å². The highest BCUT2D eigenvalue weighted by molar-refractivity contribution is 5.99. The molecule has 0 spiro atoms. The summed E-state index contributed by atoms with van der Waals surface area (Å²) < 4.78 is 13.3. The van der Waals surface area contributed by atoms with Crippen molar-refractivity contribution in [2.24, 2.45) is 0 Å². The zero-order chi connectivity index (χ0) is 27.6. The summed E-state index contributed by atoms with van der Waals surface area (Å²) in [5.41, 5.74) is 4.30. The van der Waals surface area contributed by atoms with Crippen LogP contribution in [0.5, 0.6) is 5.75 Å². The van der Waals surface area contributed by atoms with Crippen LogP contribution < -0.4 is 10.1 Å². The predicted molar refractivity (Wildman–Crippen MR) is 148 cm³/mol. The van der Waals surface area contributed by atoms with Crippen molar-refractivity contribution in [3.05, 3.63) is 99.9 Å². The molecule has 40 heavy (non-hydrogen) atoms. The monoisotopic (exact) mass is 530 g/mol. The number of nitro groups is 1. The van der Waals surface area contributed by atoms with Crippen LogP contribution in [0.4, 0.5) is 17.1 Å². The van der Waals surface area contributed by atoms with Crippen LogP contribution in [0.3, 0.4) is 0 Å². The minimum Gasteiger partial charge on any atom is -0.481 e. The SMILES string of the molecule is N#Cc1cccc(Cn2ccc3cc(Nc4c(C#N)cnc5cc(OC6CCOC6)c([N+](=O)[O-])cc45)ccc32)c1. The molecule has 1 fully saturated rings. The van der Waals surface area contributed by atoms with E-state index in [9.17, 15) is 20.6 Å². The molecule has 1 saturated heterocycles. The number of aromatic nitrogens is 2. The van der Waals surface area contributed by atoms with Crippen molar-refractivity contribution in [3.63, 3.8) is 0 Å². The molecule has 1 N–H and O–H groups in total. The number of ether oxygens (including phenoxy) is 2. The van der Waals surface area contributed by atoms with Gasteiger partial charge in [0.15, 0.2) is 5.75 Å². The maximum Gasteiger partial charge on any atom is 0.311 e. The molecule has 1 aliphatic rings. The first-order chi connectivity index (χ1) is 19.5. The third-order valence-electron chi connectivity index (χ3n) is 6.90. The summed E-state index contributed by atoms with van der Waals surface area (Å²) in [6.07, 6.45) is 3.82. The molecule has 1 atom stereocenters. The minimum absolute atomic E-state index is 0.124. The van der Waals surface area contributed by atoms with Crippen LogP contribution >= 0.6 is 0 Å². The van der Waals surface area contributed by atoms with Gasteiger partial charge in [-0.05, 0) is 42.0 Å². The largest absolute Gasteiger partial charge is 0.481 e. The number of nitriles is 2. The van der Waals surface area contributed by atoms with Gasteiger partial charge in [-0.1, -0.05) is 12.1 Å². The van der Waals surface area contributed by atoms with E-state index in [2.05, 4.69) is 27.0 Å². The highest BCUT2D eigenvalue weighted by Gasteiger charge is 2.25. The maximum absolute atomic E-state index is 11.9. The van der Waals surface area contributed by atoms with E-state index in [1.54, 1.807) is 12.1 Å². The van der Waals surface area contributed by atoms with E-state index in [0.29, 0.717) is 54.0 Å². The van der Waals surface area contributed by atoms with Crippen molar-refractivity contribution in [1.82, 2.24) is 9.55 Å². The Labute approximate surface area is 228 Å². The molecule has 3 aromatic carbocycles. The Morgan fingerprint density at radius 1 is 1.15 bits per heavy atom. The van der Waals surface area contributed by atoms with Crippen LogP contribution in [0.25, 0.3) is 21.8 Å². The molecule has 10 heteroatoms. The summed E-state index contributed by atoms with van der Waals surface area (Å²) >= 11 is 0. The number of benzene rings is 3. The van der Waals surface area contributed by atoms with Crippen molar-refractivity contribution in [1.29, 1.82) is 10.5 Å². The summed E-state index contributed by atoms with van der Waals surface area (Å²) in [5.74, 6) is 0.124. The predicted octanol–water partition coefficient (Wildman–Crippen LogP) is 5.80. The van der Waals surface area contributed by atoms with Gasteiger partial charge in [0.1, 0.15) is 12.2 Å². The number of fused-ring (bicyclic) bond motifs is 2. The second-order valence-electron chi connectivity index (χ2n) is 9.51. The van der Waals surface area contributed by atoms with E-state index >= 15 is 0 Å². The third-order valence-corrected chi connectivity index (χ3v) is 6.90. The Morgan fingerprint density at radius 3 is 2.83 bits per heavy atom. The third kappa shape index (κ3) is 4.75. The molecule has 1 aliphatic heterocycles. The smallest absolute Gasteiger partial charge is 0.311 e. The molecule has 0 saturated carbocycles. The van der Waals surface area contributed by atoms with Crippen LogP contribution in [0.2, 0.25) is 0 Å². The van der Waals surface area contributed by atoms with Crippen LogP contribution in [-0.4, -0.2) is 33.8 Å². The lowest BCUT2D eigenvalue weighted by molar-refractivity contribution is -0.385. The number of nitrogens with one attached hydrogen (secondary N) is 1. The van der Waals surface area contributed by atoms with Crippen LogP contribution in [-0.2, 0) is 11.3 Å². The van der Waals surface area contributed by atoms with Crippen molar-refractivity contribution in [2.75, 3.05) is 18.5 Å². The minimum atomic E-state index is -0.492. The Balaban J connectivity index is 1.35. The summed E-state index contributed by atoms with van der Waals surface area (Å²) in [5, 5.41) is 35.7. The van der Waals surface area contributed by atoms with Crippen molar-refractivity contribution in [2.45, 2.75) is 19.1 Å². The summed E-state index contributed by atoms with van der Waals surface area (Å²) in [4.78, 5) is 15.8. The number of rotatable bonds is 7. The lowest BCUT2D eigenvalue weighted by Crippen LogP contribution is -2.16. The van der Waals surface area contributed by atoms with E-state index in [-0.39, 0.29) is 23.1 Å². The van der Waals surface area contributed by atoms with Gasteiger partial charge in [-0.15, -0.1) is 0 Å². The number of nitrogens with zero attached hydrogens (tertiary/aromatic N) is 5. The first kappa shape index (κ1) is 24.9. The zero-order valence-corrected chi connectivity index (χ0v) is 21.2. The van der Waals surface area contributed by atoms with Gasteiger partial charge in [-0.2, -0.15) is 10.5 Å². The summed E-state index contributed by atoms with van der Waals surface area (Å²) in [6, 6.07) is 22.6. The maximum atomic E-state index is 11.9. The summed E-state index contributed by atoms with van der Waals surface area (Å²) in [6.45, 7) is 1.53. The van der Waals surface area contributed by atoms with Crippen molar-refractivity contribution < 1.29 is 14.4 Å². The van der Waals surface area contributed by atoms with E-state index in [0.717, 1.165) is 16.5 Å². The molecule has 1 unspecified atom stereocenters. The molecule has 6 rings (SSSR count). The molecule has 2 aromatic heterocycles. The molecule has 0 radical (unpaired) electrons. The molecular formula is C30H22N6O4. The van der Waals surface area contributed by atoms with Crippen LogP contribution in [0, 0.1) is 32.8 Å². The van der Waals surface area contributed by atoms with Gasteiger partial charge < -0.3 is 19.4 Å². The van der Waals surface area contributed by atoms with Crippen LogP contribution in [0.15, 0.2) is 73.1 Å². The Bertz CT molecular complexity index is 1860. The van der Waals surface area contributed by atoms with E-state index in [1.165, 1.54) is 12.3 Å². The average Bonchev–Trinajstić information content (AvgIpc) is 3.62. The topological polar surface area (TPSA) is 139 Å². The molecule has 5 aromatic rings. The second-order valence-corrected chi connectivity index (χ2v) is 9.51. The van der Waals surface area contributed by atoms with Gasteiger partial charge in [0.25, 0.3) is 0 Å². The van der Waals surface area contributed by atoms with E-state index in [1.807, 2.05) is 48.7 Å². The first-order valence-corrected chi connectivity index (χ1v) is 12.6. The fraction of sp³-hybridized carbons (Fsp3) is 0.167.